The molecule has 0 radical (unpaired) electrons. The number of alkyl halides is 3. The number of ether oxygens (including phenoxy) is 2. The third-order valence-corrected chi connectivity index (χ3v) is 3.51. The topological polar surface area (TPSA) is 42.8 Å². The third-order valence-electron chi connectivity index (χ3n) is 3.18. The number of hydrogen-bond donors (Lipinski definition) is 1. The van der Waals surface area contributed by atoms with Crippen LogP contribution in [0.4, 0.5) is 18.9 Å². The number of anilines is 1. The van der Waals surface area contributed by atoms with Gasteiger partial charge >= 0.3 is 6.18 Å². The quantitative estimate of drug-likeness (QED) is 0.559. The van der Waals surface area contributed by atoms with Gasteiger partial charge < -0.3 is 9.47 Å². The molecule has 0 bridgehead atoms. The first-order valence-corrected chi connectivity index (χ1v) is 7.69. The summed E-state index contributed by atoms with van der Waals surface area (Å²) in [6, 6.07) is 8.15. The number of nitrogens with one attached hydrogen (secondary N) is 1. The summed E-state index contributed by atoms with van der Waals surface area (Å²) in [4.78, 5) is 0. The maximum atomic E-state index is 12.7. The van der Waals surface area contributed by atoms with E-state index in [1.165, 1.54) is 19.4 Å². The monoisotopic (exact) mass is 372 g/mol. The zero-order valence-corrected chi connectivity index (χ0v) is 14.3. The van der Waals surface area contributed by atoms with Crippen LogP contribution < -0.4 is 14.9 Å². The molecule has 2 aromatic carbocycles. The van der Waals surface area contributed by atoms with Crippen LogP contribution in [-0.4, -0.2) is 19.9 Å². The molecule has 1 N–H and O–H groups in total. The second-order valence-electron chi connectivity index (χ2n) is 4.91. The van der Waals surface area contributed by atoms with Crippen molar-refractivity contribution < 1.29 is 22.6 Å². The highest BCUT2D eigenvalue weighted by molar-refractivity contribution is 6.33. The van der Waals surface area contributed by atoms with Crippen LogP contribution in [0, 0.1) is 0 Å². The first-order valence-electron chi connectivity index (χ1n) is 7.31. The zero-order valence-electron chi connectivity index (χ0n) is 13.5. The largest absolute Gasteiger partial charge is 0.493 e. The summed E-state index contributed by atoms with van der Waals surface area (Å²) in [5.41, 5.74) is 2.45. The van der Waals surface area contributed by atoms with Gasteiger partial charge in [-0.25, -0.2) is 0 Å². The summed E-state index contributed by atoms with van der Waals surface area (Å²) in [6.07, 6.45) is -3.01. The van der Waals surface area contributed by atoms with Gasteiger partial charge in [0.15, 0.2) is 11.5 Å². The van der Waals surface area contributed by atoms with Crippen molar-refractivity contribution in [2.45, 2.75) is 13.1 Å². The highest BCUT2D eigenvalue weighted by Gasteiger charge is 2.30. The lowest BCUT2D eigenvalue weighted by atomic mass is 10.2. The smallest absolute Gasteiger partial charge is 0.416 e. The summed E-state index contributed by atoms with van der Waals surface area (Å²) in [6.45, 7) is 2.36. The first kappa shape index (κ1) is 18.9. The Morgan fingerprint density at radius 3 is 2.56 bits per heavy atom. The Kier molecular flexibility index (Phi) is 6.14. The maximum absolute atomic E-state index is 12.7. The van der Waals surface area contributed by atoms with Crippen molar-refractivity contribution in [2.75, 3.05) is 19.1 Å². The minimum Gasteiger partial charge on any atom is -0.493 e. The van der Waals surface area contributed by atoms with E-state index in [-0.39, 0.29) is 10.7 Å². The van der Waals surface area contributed by atoms with E-state index in [9.17, 15) is 13.2 Å². The number of benzene rings is 2. The number of halogens is 4. The molecule has 0 aromatic heterocycles. The highest BCUT2D eigenvalue weighted by atomic mass is 35.5. The fourth-order valence-electron chi connectivity index (χ4n) is 2.00. The van der Waals surface area contributed by atoms with Crippen LogP contribution in [0.15, 0.2) is 41.5 Å². The molecule has 0 unspecified atom stereocenters. The van der Waals surface area contributed by atoms with Gasteiger partial charge in [-0.05, 0) is 48.9 Å². The summed E-state index contributed by atoms with van der Waals surface area (Å²) in [5, 5.41) is 4.06. The SMILES string of the molecule is CCOc1ccc(C=NNc2cc(C(F)(F)F)ccc2Cl)cc1OC. The molecule has 25 heavy (non-hydrogen) atoms. The standard InChI is InChI=1S/C17H16ClF3N2O2/c1-3-25-15-7-4-11(8-16(15)24-2)10-22-23-14-9-12(17(19,20)21)5-6-13(14)18/h4-10,23H,3H2,1-2H3. The van der Waals surface area contributed by atoms with Gasteiger partial charge in [-0.3, -0.25) is 5.43 Å². The average molecular weight is 373 g/mol. The molecular weight excluding hydrogens is 357 g/mol. The van der Waals surface area contributed by atoms with Crippen molar-refractivity contribution in [3.8, 4) is 11.5 Å². The van der Waals surface area contributed by atoms with Crippen LogP contribution in [0.3, 0.4) is 0 Å². The highest BCUT2D eigenvalue weighted by Crippen LogP contribution is 2.33. The number of hydrogen-bond acceptors (Lipinski definition) is 4. The van der Waals surface area contributed by atoms with Crippen LogP contribution in [0.25, 0.3) is 0 Å². The Labute approximate surface area is 148 Å². The lowest BCUT2D eigenvalue weighted by Gasteiger charge is -2.10. The van der Waals surface area contributed by atoms with E-state index in [0.29, 0.717) is 23.7 Å². The molecule has 8 heteroatoms. The van der Waals surface area contributed by atoms with Crippen LogP contribution in [0.2, 0.25) is 5.02 Å². The summed E-state index contributed by atoms with van der Waals surface area (Å²) < 4.78 is 48.8. The second-order valence-corrected chi connectivity index (χ2v) is 5.31. The predicted molar refractivity (Wildman–Crippen MR) is 91.8 cm³/mol. The van der Waals surface area contributed by atoms with E-state index in [4.69, 9.17) is 21.1 Å². The molecule has 0 saturated carbocycles. The van der Waals surface area contributed by atoms with E-state index in [2.05, 4.69) is 10.5 Å². The van der Waals surface area contributed by atoms with Crippen molar-refractivity contribution in [2.24, 2.45) is 5.10 Å². The minimum atomic E-state index is -4.45. The Balaban J connectivity index is 2.16. The van der Waals surface area contributed by atoms with E-state index in [1.807, 2.05) is 6.92 Å². The van der Waals surface area contributed by atoms with Gasteiger partial charge in [0.1, 0.15) is 0 Å². The molecule has 0 spiro atoms. The molecule has 0 saturated heterocycles. The van der Waals surface area contributed by atoms with Crippen LogP contribution in [0.1, 0.15) is 18.1 Å². The fourth-order valence-corrected chi connectivity index (χ4v) is 2.16. The Hall–Kier alpha value is -2.41. The molecule has 0 aliphatic rings. The van der Waals surface area contributed by atoms with Crippen LogP contribution in [0.5, 0.6) is 11.5 Å². The first-order chi connectivity index (χ1) is 11.8. The van der Waals surface area contributed by atoms with Crippen LogP contribution in [-0.2, 0) is 6.18 Å². The van der Waals surface area contributed by atoms with Crippen molar-refractivity contribution in [3.05, 3.63) is 52.5 Å². The Bertz CT molecular complexity index is 764. The second kappa shape index (κ2) is 8.11. The number of rotatable bonds is 6. The number of hydrazone groups is 1. The molecule has 0 aliphatic heterocycles. The molecular formula is C17H16ClF3N2O2. The molecule has 0 amide bonds. The summed E-state index contributed by atoms with van der Waals surface area (Å²) >= 11 is 5.89. The minimum absolute atomic E-state index is 0.0608. The molecule has 2 rings (SSSR count). The summed E-state index contributed by atoms with van der Waals surface area (Å²) in [7, 11) is 1.51. The maximum Gasteiger partial charge on any atom is 0.416 e. The normalized spacial score (nSPS) is 11.6. The third kappa shape index (κ3) is 5.03. The predicted octanol–water partition coefficient (Wildman–Crippen LogP) is 5.21. The van der Waals surface area contributed by atoms with Crippen molar-refractivity contribution in [1.29, 1.82) is 0 Å². The van der Waals surface area contributed by atoms with Crippen LogP contribution >= 0.6 is 11.6 Å². The van der Waals surface area contributed by atoms with Crippen molar-refractivity contribution in [3.63, 3.8) is 0 Å². The van der Waals surface area contributed by atoms with Crippen molar-refractivity contribution in [1.82, 2.24) is 0 Å². The number of nitrogens with zero attached hydrogens (tertiary/aromatic N) is 1. The fraction of sp³-hybridized carbons (Fsp3) is 0.235. The van der Waals surface area contributed by atoms with E-state index < -0.39 is 11.7 Å². The lowest BCUT2D eigenvalue weighted by molar-refractivity contribution is -0.137. The number of methoxy groups -OCH3 is 1. The molecule has 0 heterocycles. The van der Waals surface area contributed by atoms with Gasteiger partial charge in [-0.1, -0.05) is 11.6 Å². The molecule has 2 aromatic rings. The Morgan fingerprint density at radius 2 is 1.92 bits per heavy atom. The van der Waals surface area contributed by atoms with Gasteiger partial charge in [0.05, 0.1) is 36.2 Å². The molecule has 0 aliphatic carbocycles. The molecule has 0 atom stereocenters. The average Bonchev–Trinajstić information content (AvgIpc) is 2.57. The molecule has 134 valence electrons. The van der Waals surface area contributed by atoms with Gasteiger partial charge in [-0.2, -0.15) is 18.3 Å². The van der Waals surface area contributed by atoms with Gasteiger partial charge in [-0.15, -0.1) is 0 Å². The van der Waals surface area contributed by atoms with E-state index in [1.54, 1.807) is 18.2 Å². The molecule has 4 nitrogen and oxygen atoms in total. The lowest BCUT2D eigenvalue weighted by Crippen LogP contribution is -2.05. The van der Waals surface area contributed by atoms with E-state index in [0.717, 1.165) is 12.1 Å². The van der Waals surface area contributed by atoms with Crippen molar-refractivity contribution >= 4 is 23.5 Å². The summed E-state index contributed by atoms with van der Waals surface area (Å²) in [5.74, 6) is 1.12. The van der Waals surface area contributed by atoms with E-state index >= 15 is 0 Å². The van der Waals surface area contributed by atoms with Gasteiger partial charge in [0.2, 0.25) is 0 Å². The Morgan fingerprint density at radius 1 is 1.16 bits per heavy atom. The van der Waals surface area contributed by atoms with Gasteiger partial charge in [0.25, 0.3) is 0 Å². The van der Waals surface area contributed by atoms with Gasteiger partial charge in [0, 0.05) is 0 Å². The molecule has 0 fully saturated rings. The zero-order chi connectivity index (χ0) is 18.4.